The van der Waals surface area contributed by atoms with Crippen LogP contribution in [0.3, 0.4) is 0 Å². The molecule has 3 aliphatic rings. The van der Waals surface area contributed by atoms with Gasteiger partial charge in [0.2, 0.25) is 0 Å². The molecule has 59 heavy (non-hydrogen) atoms. The summed E-state index contributed by atoms with van der Waals surface area (Å²) in [5, 5.41) is 7.50. The average molecular weight is 814 g/mol. The van der Waals surface area contributed by atoms with Crippen LogP contribution in [0.5, 0.6) is 0 Å². The van der Waals surface area contributed by atoms with Crippen molar-refractivity contribution in [3.05, 3.63) is 121 Å². The molecule has 3 aliphatic heterocycles. The van der Waals surface area contributed by atoms with Crippen molar-refractivity contribution in [2.45, 2.75) is 133 Å². The molecule has 11 heteroatoms. The van der Waals surface area contributed by atoms with Gasteiger partial charge in [-0.15, -0.1) is 0 Å². The lowest BCUT2D eigenvalue weighted by atomic mass is 10.1. The second kappa shape index (κ2) is 28.0. The number of aromatic amines is 1. The maximum atomic E-state index is 12.3. The number of carbonyl (C=O) groups excluding carboxylic acids is 2. The summed E-state index contributed by atoms with van der Waals surface area (Å²) in [4.78, 5) is 27.8. The Morgan fingerprint density at radius 1 is 0.644 bits per heavy atom. The van der Waals surface area contributed by atoms with Crippen LogP contribution in [0.2, 0.25) is 0 Å². The molecule has 4 heterocycles. The van der Waals surface area contributed by atoms with Gasteiger partial charge in [0.05, 0.1) is 31.3 Å². The summed E-state index contributed by atoms with van der Waals surface area (Å²) in [6.45, 7) is 1.54. The molecule has 2 unspecified atom stereocenters. The van der Waals surface area contributed by atoms with E-state index in [9.17, 15) is 9.59 Å². The molecule has 1 aromatic heterocycles. The van der Waals surface area contributed by atoms with Crippen molar-refractivity contribution in [1.29, 1.82) is 5.41 Å². The van der Waals surface area contributed by atoms with Crippen molar-refractivity contribution in [3.8, 4) is 0 Å². The monoisotopic (exact) mass is 813 g/mol. The summed E-state index contributed by atoms with van der Waals surface area (Å²) in [6, 6.07) is 4.10. The molecule has 0 aliphatic carbocycles. The van der Waals surface area contributed by atoms with E-state index in [4.69, 9.17) is 39.6 Å². The lowest BCUT2D eigenvalue weighted by Gasteiger charge is -2.26. The number of nitrogens with one attached hydrogen (secondary N) is 2. The van der Waals surface area contributed by atoms with E-state index in [-0.39, 0.29) is 43.2 Å². The van der Waals surface area contributed by atoms with Gasteiger partial charge in [0.1, 0.15) is 13.2 Å². The van der Waals surface area contributed by atoms with Gasteiger partial charge in [-0.1, -0.05) is 97.2 Å². The number of aryl methyl sites for hydroxylation is 1. The summed E-state index contributed by atoms with van der Waals surface area (Å²) in [5.41, 5.74) is 6.73. The third kappa shape index (κ3) is 20.3. The highest BCUT2D eigenvalue weighted by atomic mass is 16.7. The van der Waals surface area contributed by atoms with E-state index in [2.05, 4.69) is 71.8 Å². The molecule has 2 atom stereocenters. The van der Waals surface area contributed by atoms with Crippen molar-refractivity contribution in [2.24, 2.45) is 5.73 Å². The van der Waals surface area contributed by atoms with Gasteiger partial charge in [-0.2, -0.15) is 0 Å². The number of allylic oxidation sites excluding steroid dienone is 10. The first-order valence-corrected chi connectivity index (χ1v) is 21.5. The number of nitrogens with two attached hydrogens (primary N) is 1. The molecule has 0 amide bonds. The summed E-state index contributed by atoms with van der Waals surface area (Å²) >= 11 is 0. The van der Waals surface area contributed by atoms with Gasteiger partial charge >= 0.3 is 11.9 Å². The minimum Gasteiger partial charge on any atom is -0.461 e. The number of H-pyrrole nitrogens is 1. The number of hydrogen-bond donors (Lipinski definition) is 3. The van der Waals surface area contributed by atoms with E-state index in [1.807, 2.05) is 48.7 Å². The number of cyclic esters (lactones) is 2. The summed E-state index contributed by atoms with van der Waals surface area (Å²) in [5.74, 6) is -1.72. The number of esters is 2. The molecule has 2 spiro atoms. The first-order chi connectivity index (χ1) is 28.9. The highest BCUT2D eigenvalue weighted by molar-refractivity contribution is 5.76. The van der Waals surface area contributed by atoms with Gasteiger partial charge in [0, 0.05) is 56.8 Å². The lowest BCUT2D eigenvalue weighted by molar-refractivity contribution is -0.163. The minimum absolute atomic E-state index is 0.0274. The first kappa shape index (κ1) is 47.1. The van der Waals surface area contributed by atoms with Crippen molar-refractivity contribution < 1.29 is 38.0 Å². The molecule has 322 valence electrons. The van der Waals surface area contributed by atoms with E-state index in [0.717, 1.165) is 38.5 Å². The summed E-state index contributed by atoms with van der Waals surface area (Å²) in [6.07, 6.45) is 45.6. The number of amidine groups is 1. The van der Waals surface area contributed by atoms with Crippen LogP contribution < -0.4 is 5.73 Å². The van der Waals surface area contributed by atoms with Crippen LogP contribution in [0.1, 0.15) is 108 Å². The Balaban J connectivity index is 1.28. The molecule has 0 aromatic carbocycles. The number of rotatable bonds is 7. The zero-order chi connectivity index (χ0) is 41.7. The van der Waals surface area contributed by atoms with Gasteiger partial charge in [-0.25, -0.2) is 0 Å². The molecule has 2 fully saturated rings. The Bertz CT molecular complexity index is 1550. The Morgan fingerprint density at radius 3 is 1.56 bits per heavy atom. The smallest absolute Gasteiger partial charge is 0.306 e. The van der Waals surface area contributed by atoms with E-state index >= 15 is 0 Å². The van der Waals surface area contributed by atoms with Gasteiger partial charge in [-0.05, 0) is 76.3 Å². The molecule has 0 bridgehead atoms. The first-order valence-electron chi connectivity index (χ1n) is 21.5. The van der Waals surface area contributed by atoms with Gasteiger partial charge in [-0.3, -0.25) is 15.0 Å². The van der Waals surface area contributed by atoms with Crippen LogP contribution in [0, 0.1) is 5.41 Å². The molecular formula is C48H67N3O8. The normalized spacial score (nSPS) is 26.7. The Labute approximate surface area is 351 Å². The second-order valence-corrected chi connectivity index (χ2v) is 15.0. The highest BCUT2D eigenvalue weighted by Crippen LogP contribution is 2.35. The van der Waals surface area contributed by atoms with E-state index in [1.165, 1.54) is 5.69 Å². The third-order valence-corrected chi connectivity index (χ3v) is 10.0. The van der Waals surface area contributed by atoms with Crippen molar-refractivity contribution in [1.82, 2.24) is 4.98 Å². The molecular weight excluding hydrogens is 747 g/mol. The van der Waals surface area contributed by atoms with Gasteiger partial charge in [0.15, 0.2) is 11.6 Å². The number of hydrogen-bond acceptors (Lipinski definition) is 9. The zero-order valence-corrected chi connectivity index (χ0v) is 34.8. The number of carbonyl (C=O) groups is 2. The predicted octanol–water partition coefficient (Wildman–Crippen LogP) is 9.51. The standard InChI is InChI=1S/C48H67N3O8/c49-44(50)27-23-26-42-39-56-47(58-42)32-19-11-5-13-21-37-54-45(52)28-15-7-1-3-9-17-34-48(57-40-43(59-48)31-30-41-25-24-36-51-41)35-18-10-4-2-8-16-29-46(53)55-38-22-14-6-12-20-33-47/h1-2,7-14,17-22,24-25,36,42-43,51H,3-6,15-16,23,26-35,37-40H2,(H3,49,50). The molecule has 4 rings (SSSR count). The van der Waals surface area contributed by atoms with Crippen molar-refractivity contribution in [3.63, 3.8) is 0 Å². The minimum atomic E-state index is -0.757. The van der Waals surface area contributed by atoms with Crippen LogP contribution in [-0.2, 0) is 44.4 Å². The SMILES string of the molecule is N=C(N)CCCC1COC2(CC=CCC=CCOC(=O)CCC=CCC=CCC3(CC=CCC=CCCC(=O)OCC=CCC=CC2)OCC(CCc2ccc[nH]2)O3)O1. The molecule has 11 nitrogen and oxygen atoms in total. The highest BCUT2D eigenvalue weighted by Gasteiger charge is 2.40. The van der Waals surface area contributed by atoms with E-state index < -0.39 is 11.6 Å². The molecule has 4 N–H and O–H groups in total. The molecule has 2 saturated heterocycles. The maximum absolute atomic E-state index is 12.3. The fraction of sp³-hybridized carbons (Fsp3) is 0.521. The molecule has 0 saturated carbocycles. The van der Waals surface area contributed by atoms with Crippen molar-refractivity contribution >= 4 is 17.8 Å². The second-order valence-electron chi connectivity index (χ2n) is 15.0. The number of aromatic nitrogens is 1. The fourth-order valence-electron chi connectivity index (χ4n) is 6.81. The quantitative estimate of drug-likeness (QED) is 0.106. The fourth-order valence-corrected chi connectivity index (χ4v) is 6.81. The molecule has 0 radical (unpaired) electrons. The predicted molar refractivity (Wildman–Crippen MR) is 232 cm³/mol. The van der Waals surface area contributed by atoms with Crippen LogP contribution >= 0.6 is 0 Å². The van der Waals surface area contributed by atoms with Gasteiger partial charge in [0.25, 0.3) is 0 Å². The van der Waals surface area contributed by atoms with Crippen LogP contribution in [-0.4, -0.2) is 73.0 Å². The largest absolute Gasteiger partial charge is 0.461 e. The van der Waals surface area contributed by atoms with Crippen LogP contribution in [0.15, 0.2) is 116 Å². The van der Waals surface area contributed by atoms with Gasteiger partial charge < -0.3 is 39.1 Å². The topological polar surface area (TPSA) is 155 Å². The summed E-state index contributed by atoms with van der Waals surface area (Å²) < 4.78 is 36.3. The summed E-state index contributed by atoms with van der Waals surface area (Å²) in [7, 11) is 0. The van der Waals surface area contributed by atoms with Crippen LogP contribution in [0.25, 0.3) is 0 Å². The average Bonchev–Trinajstić information content (AvgIpc) is 3.99. The Hall–Kier alpha value is -4.55. The third-order valence-electron chi connectivity index (χ3n) is 10.0. The van der Waals surface area contributed by atoms with Crippen LogP contribution in [0.4, 0.5) is 0 Å². The Morgan fingerprint density at radius 2 is 1.10 bits per heavy atom. The van der Waals surface area contributed by atoms with E-state index in [0.29, 0.717) is 83.8 Å². The van der Waals surface area contributed by atoms with Crippen molar-refractivity contribution in [2.75, 3.05) is 26.4 Å². The Kier molecular flexibility index (Phi) is 22.4. The molecule has 1 aromatic rings. The van der Waals surface area contributed by atoms with E-state index in [1.54, 1.807) is 0 Å². The number of ether oxygens (including phenoxy) is 6. The maximum Gasteiger partial charge on any atom is 0.306 e. The zero-order valence-electron chi connectivity index (χ0n) is 34.8. The lowest BCUT2D eigenvalue weighted by Crippen LogP contribution is -2.29.